The second-order valence-electron chi connectivity index (χ2n) is 3.08. The zero-order chi connectivity index (χ0) is 12.8. The fourth-order valence-corrected chi connectivity index (χ4v) is 1.12. The second-order valence-corrected chi connectivity index (χ2v) is 3.08. The third-order valence-corrected chi connectivity index (χ3v) is 1.75. The zero-order valence-corrected chi connectivity index (χ0v) is 8.61. The number of hydrogen-bond donors (Lipinski definition) is 2. The van der Waals surface area contributed by atoms with E-state index in [1.54, 1.807) is 0 Å². The maximum Gasteiger partial charge on any atom is 0.323 e. The van der Waals surface area contributed by atoms with Crippen molar-refractivity contribution in [2.24, 2.45) is 0 Å². The zero-order valence-electron chi connectivity index (χ0n) is 8.61. The molecule has 90 valence electrons. The molecule has 0 atom stereocenters. The van der Waals surface area contributed by atoms with Gasteiger partial charge in [-0.15, -0.1) is 0 Å². The smallest absolute Gasteiger partial charge is 0.323 e. The predicted molar refractivity (Wildman–Crippen MR) is 53.2 cm³/mol. The highest BCUT2D eigenvalue weighted by Gasteiger charge is 2.21. The van der Waals surface area contributed by atoms with Crippen molar-refractivity contribution in [3.63, 3.8) is 0 Å². The maximum absolute atomic E-state index is 11.7. The van der Waals surface area contributed by atoms with Crippen molar-refractivity contribution >= 4 is 17.8 Å². The number of hydrogen-bond acceptors (Lipinski definition) is 5. The monoisotopic (exact) mass is 239 g/mol. The molecule has 17 heavy (non-hydrogen) atoms. The minimum atomic E-state index is -1.29. The van der Waals surface area contributed by atoms with Crippen LogP contribution in [-0.4, -0.2) is 56.0 Å². The van der Waals surface area contributed by atoms with Gasteiger partial charge in [-0.2, -0.15) is 0 Å². The Balaban J connectivity index is 2.86. The minimum Gasteiger partial charge on any atom is -0.480 e. The SMILES string of the molecule is O=C(O)CN(CC(=O)O)C(=O)c1cncnc1. The third-order valence-electron chi connectivity index (χ3n) is 1.75. The van der Waals surface area contributed by atoms with Crippen LogP contribution in [0.15, 0.2) is 18.7 Å². The summed E-state index contributed by atoms with van der Waals surface area (Å²) < 4.78 is 0. The Morgan fingerprint density at radius 2 is 1.53 bits per heavy atom. The summed E-state index contributed by atoms with van der Waals surface area (Å²) in [4.78, 5) is 40.6. The molecule has 2 N–H and O–H groups in total. The van der Waals surface area contributed by atoms with Crippen molar-refractivity contribution in [3.8, 4) is 0 Å². The lowest BCUT2D eigenvalue weighted by atomic mass is 10.3. The van der Waals surface area contributed by atoms with Gasteiger partial charge in [0.05, 0.1) is 5.56 Å². The van der Waals surface area contributed by atoms with E-state index in [0.717, 1.165) is 0 Å². The number of carboxylic acid groups (broad SMARTS) is 2. The van der Waals surface area contributed by atoms with Crippen LogP contribution in [0.2, 0.25) is 0 Å². The number of carbonyl (C=O) groups excluding carboxylic acids is 1. The van der Waals surface area contributed by atoms with Crippen molar-refractivity contribution < 1.29 is 24.6 Å². The van der Waals surface area contributed by atoms with Crippen molar-refractivity contribution in [1.82, 2.24) is 14.9 Å². The summed E-state index contributed by atoms with van der Waals surface area (Å²) in [6.45, 7) is -1.39. The number of rotatable bonds is 5. The number of aliphatic carboxylic acids is 2. The molecule has 0 spiro atoms. The van der Waals surface area contributed by atoms with Gasteiger partial charge in [-0.3, -0.25) is 14.4 Å². The van der Waals surface area contributed by atoms with Crippen LogP contribution in [-0.2, 0) is 9.59 Å². The Kier molecular flexibility index (Phi) is 4.09. The molecular weight excluding hydrogens is 230 g/mol. The molecule has 1 heterocycles. The first-order valence-electron chi connectivity index (χ1n) is 4.48. The highest BCUT2D eigenvalue weighted by atomic mass is 16.4. The van der Waals surface area contributed by atoms with Crippen LogP contribution in [0.3, 0.4) is 0 Å². The number of nitrogens with zero attached hydrogens (tertiary/aromatic N) is 3. The summed E-state index contributed by atoms with van der Waals surface area (Å²) in [7, 11) is 0. The van der Waals surface area contributed by atoms with E-state index in [1.165, 1.54) is 18.7 Å². The molecule has 0 radical (unpaired) electrons. The molecule has 0 aliphatic rings. The first kappa shape index (κ1) is 12.6. The van der Waals surface area contributed by atoms with Crippen LogP contribution in [0.4, 0.5) is 0 Å². The van der Waals surface area contributed by atoms with Gasteiger partial charge in [0.25, 0.3) is 5.91 Å². The van der Waals surface area contributed by atoms with Crippen LogP contribution in [0, 0.1) is 0 Å². The molecule has 0 aliphatic heterocycles. The van der Waals surface area contributed by atoms with Gasteiger partial charge in [0, 0.05) is 12.4 Å². The molecule has 0 aliphatic carbocycles. The lowest BCUT2D eigenvalue weighted by molar-refractivity contribution is -0.140. The van der Waals surface area contributed by atoms with E-state index in [1.807, 2.05) is 0 Å². The van der Waals surface area contributed by atoms with Crippen LogP contribution < -0.4 is 0 Å². The largest absolute Gasteiger partial charge is 0.480 e. The molecule has 0 fully saturated rings. The summed E-state index contributed by atoms with van der Waals surface area (Å²) in [5, 5.41) is 17.1. The molecule has 1 aromatic rings. The van der Waals surface area contributed by atoms with Gasteiger partial charge in [0.2, 0.25) is 0 Å². The Bertz CT molecular complexity index is 418. The van der Waals surface area contributed by atoms with Crippen LogP contribution >= 0.6 is 0 Å². The van der Waals surface area contributed by atoms with E-state index in [2.05, 4.69) is 9.97 Å². The van der Waals surface area contributed by atoms with Gasteiger partial charge in [-0.25, -0.2) is 9.97 Å². The molecule has 0 aromatic carbocycles. The summed E-state index contributed by atoms with van der Waals surface area (Å²) >= 11 is 0. The molecule has 1 rings (SSSR count). The first-order valence-corrected chi connectivity index (χ1v) is 4.48. The quantitative estimate of drug-likeness (QED) is 0.682. The van der Waals surface area contributed by atoms with Gasteiger partial charge in [0.1, 0.15) is 19.4 Å². The average Bonchev–Trinajstić information content (AvgIpc) is 2.27. The Labute approximate surface area is 95.5 Å². The third kappa shape index (κ3) is 3.86. The predicted octanol–water partition coefficient (Wildman–Crippen LogP) is -0.912. The number of carboxylic acids is 2. The summed E-state index contributed by atoms with van der Waals surface area (Å²) in [6.07, 6.45) is 3.58. The van der Waals surface area contributed by atoms with Crippen LogP contribution in [0.5, 0.6) is 0 Å². The summed E-state index contributed by atoms with van der Waals surface area (Å²) in [5.41, 5.74) is 0.0370. The molecule has 8 heteroatoms. The minimum absolute atomic E-state index is 0.0370. The van der Waals surface area contributed by atoms with E-state index in [9.17, 15) is 14.4 Å². The lowest BCUT2D eigenvalue weighted by Crippen LogP contribution is -2.39. The van der Waals surface area contributed by atoms with E-state index in [0.29, 0.717) is 4.90 Å². The van der Waals surface area contributed by atoms with E-state index >= 15 is 0 Å². The maximum atomic E-state index is 11.7. The average molecular weight is 239 g/mol. The molecule has 0 unspecified atom stereocenters. The summed E-state index contributed by atoms with van der Waals surface area (Å²) in [5.74, 6) is -3.33. The topological polar surface area (TPSA) is 121 Å². The Hall–Kier alpha value is -2.51. The standard InChI is InChI=1S/C9H9N3O5/c13-7(14)3-12(4-8(15)16)9(17)6-1-10-5-11-2-6/h1-2,5H,3-4H2,(H,13,14)(H,15,16). The molecule has 0 bridgehead atoms. The molecular formula is C9H9N3O5. The Morgan fingerprint density at radius 1 is 1.06 bits per heavy atom. The normalized spacial score (nSPS) is 9.65. The van der Waals surface area contributed by atoms with Crippen LogP contribution in [0.1, 0.15) is 10.4 Å². The number of carbonyl (C=O) groups is 3. The van der Waals surface area contributed by atoms with Gasteiger partial charge < -0.3 is 15.1 Å². The molecule has 8 nitrogen and oxygen atoms in total. The summed E-state index contributed by atoms with van der Waals surface area (Å²) in [6, 6.07) is 0. The van der Waals surface area contributed by atoms with Crippen LogP contribution in [0.25, 0.3) is 0 Å². The van der Waals surface area contributed by atoms with Crippen molar-refractivity contribution in [1.29, 1.82) is 0 Å². The van der Waals surface area contributed by atoms with Gasteiger partial charge in [-0.05, 0) is 0 Å². The molecule has 0 saturated carbocycles. The van der Waals surface area contributed by atoms with Gasteiger partial charge in [0.15, 0.2) is 0 Å². The highest BCUT2D eigenvalue weighted by molar-refractivity contribution is 5.96. The molecule has 0 saturated heterocycles. The van der Waals surface area contributed by atoms with Crippen molar-refractivity contribution in [3.05, 3.63) is 24.3 Å². The van der Waals surface area contributed by atoms with E-state index in [4.69, 9.17) is 10.2 Å². The Morgan fingerprint density at radius 3 is 1.94 bits per heavy atom. The van der Waals surface area contributed by atoms with Gasteiger partial charge >= 0.3 is 11.9 Å². The molecule has 1 aromatic heterocycles. The van der Waals surface area contributed by atoms with Crippen molar-refractivity contribution in [2.45, 2.75) is 0 Å². The van der Waals surface area contributed by atoms with Crippen molar-refractivity contribution in [2.75, 3.05) is 13.1 Å². The highest BCUT2D eigenvalue weighted by Crippen LogP contribution is 2.01. The fraction of sp³-hybridized carbons (Fsp3) is 0.222. The number of aromatic nitrogens is 2. The second kappa shape index (κ2) is 5.54. The van der Waals surface area contributed by atoms with E-state index < -0.39 is 30.9 Å². The first-order chi connectivity index (χ1) is 8.00. The van der Waals surface area contributed by atoms with E-state index in [-0.39, 0.29) is 5.56 Å². The lowest BCUT2D eigenvalue weighted by Gasteiger charge is -2.17. The number of amides is 1. The molecule has 1 amide bonds. The van der Waals surface area contributed by atoms with Gasteiger partial charge in [-0.1, -0.05) is 0 Å². The fourth-order valence-electron chi connectivity index (χ4n) is 1.12.